The van der Waals surface area contributed by atoms with Gasteiger partial charge < -0.3 is 10.3 Å². The van der Waals surface area contributed by atoms with Crippen molar-refractivity contribution in [2.75, 3.05) is 0 Å². The summed E-state index contributed by atoms with van der Waals surface area (Å²) in [7, 11) is 0. The molecule has 4 heteroatoms. The second-order valence-electron chi connectivity index (χ2n) is 4.29. The molecule has 19 heavy (non-hydrogen) atoms. The van der Waals surface area contributed by atoms with Crippen LogP contribution in [-0.2, 0) is 13.1 Å². The Labute approximate surface area is 118 Å². The lowest BCUT2D eigenvalue weighted by Crippen LogP contribution is -2.09. The van der Waals surface area contributed by atoms with Crippen molar-refractivity contribution in [1.29, 1.82) is 0 Å². The van der Waals surface area contributed by atoms with E-state index in [9.17, 15) is 0 Å². The quantitative estimate of drug-likeness (QED) is 0.797. The van der Waals surface area contributed by atoms with Gasteiger partial charge in [-0.25, -0.2) is 4.98 Å². The fourth-order valence-electron chi connectivity index (χ4n) is 2.22. The first-order valence-electron chi connectivity index (χ1n) is 6.06. The number of hydrogen-bond acceptors (Lipinski definition) is 2. The Morgan fingerprint density at radius 3 is 2.37 bits per heavy atom. The maximum absolute atomic E-state index is 5.78. The molecule has 0 fully saturated rings. The zero-order valence-corrected chi connectivity index (χ0v) is 11.3. The van der Waals surface area contributed by atoms with E-state index in [4.69, 9.17) is 5.73 Å². The van der Waals surface area contributed by atoms with Gasteiger partial charge in [0.2, 0.25) is 0 Å². The maximum Gasteiger partial charge on any atom is 0.123 e. The van der Waals surface area contributed by atoms with Crippen LogP contribution in [0.15, 0.2) is 54.6 Å². The van der Waals surface area contributed by atoms with E-state index in [0.29, 0.717) is 6.54 Å². The van der Waals surface area contributed by atoms with Gasteiger partial charge in [-0.2, -0.15) is 0 Å². The molecule has 1 heterocycles. The van der Waals surface area contributed by atoms with Crippen LogP contribution in [0.4, 0.5) is 0 Å². The minimum absolute atomic E-state index is 0. The molecular weight excluding hydrogens is 258 g/mol. The van der Waals surface area contributed by atoms with Crippen LogP contribution in [0.2, 0.25) is 0 Å². The number of para-hydroxylation sites is 2. The number of hydrogen-bond donors (Lipinski definition) is 1. The summed E-state index contributed by atoms with van der Waals surface area (Å²) in [4.78, 5) is 4.57. The van der Waals surface area contributed by atoms with Gasteiger partial charge in [-0.15, -0.1) is 12.4 Å². The third-order valence-corrected chi connectivity index (χ3v) is 3.10. The molecule has 2 N–H and O–H groups in total. The summed E-state index contributed by atoms with van der Waals surface area (Å²) >= 11 is 0. The molecule has 0 atom stereocenters. The molecule has 0 aliphatic heterocycles. The molecule has 0 unspecified atom stereocenters. The topological polar surface area (TPSA) is 43.8 Å². The molecular formula is C15H16ClN3. The highest BCUT2D eigenvalue weighted by Gasteiger charge is 2.08. The van der Waals surface area contributed by atoms with Crippen molar-refractivity contribution < 1.29 is 0 Å². The number of nitrogens with zero attached hydrogens (tertiary/aromatic N) is 2. The molecule has 0 amide bonds. The average Bonchev–Trinajstić information content (AvgIpc) is 2.78. The van der Waals surface area contributed by atoms with Crippen LogP contribution >= 0.6 is 12.4 Å². The van der Waals surface area contributed by atoms with Crippen LogP contribution in [0, 0.1) is 0 Å². The zero-order chi connectivity index (χ0) is 12.4. The molecule has 3 aromatic rings. The highest BCUT2D eigenvalue weighted by atomic mass is 35.5. The van der Waals surface area contributed by atoms with Gasteiger partial charge in [0.05, 0.1) is 17.6 Å². The predicted molar refractivity (Wildman–Crippen MR) is 80.4 cm³/mol. The fourth-order valence-corrected chi connectivity index (χ4v) is 2.22. The Kier molecular flexibility index (Phi) is 4.20. The molecule has 3 rings (SSSR count). The fraction of sp³-hybridized carbons (Fsp3) is 0.133. The Bertz CT molecular complexity index is 661. The molecule has 98 valence electrons. The first-order valence-corrected chi connectivity index (χ1v) is 6.06. The Morgan fingerprint density at radius 1 is 0.947 bits per heavy atom. The Morgan fingerprint density at radius 2 is 1.63 bits per heavy atom. The van der Waals surface area contributed by atoms with Crippen LogP contribution in [0.1, 0.15) is 11.4 Å². The van der Waals surface area contributed by atoms with E-state index in [1.807, 2.05) is 24.3 Å². The minimum Gasteiger partial charge on any atom is -0.324 e. The summed E-state index contributed by atoms with van der Waals surface area (Å²) < 4.78 is 2.19. The summed E-state index contributed by atoms with van der Waals surface area (Å²) in [5, 5.41) is 0. The van der Waals surface area contributed by atoms with Crippen molar-refractivity contribution in [2.45, 2.75) is 13.1 Å². The SMILES string of the molecule is Cl.NCc1nc2ccccc2n1Cc1ccccc1. The zero-order valence-electron chi connectivity index (χ0n) is 10.5. The molecule has 0 bridgehead atoms. The first-order chi connectivity index (χ1) is 8.88. The molecule has 0 saturated heterocycles. The van der Waals surface area contributed by atoms with Crippen molar-refractivity contribution in [3.8, 4) is 0 Å². The van der Waals surface area contributed by atoms with E-state index < -0.39 is 0 Å². The van der Waals surface area contributed by atoms with Gasteiger partial charge in [0.15, 0.2) is 0 Å². The standard InChI is InChI=1S/C15H15N3.ClH/c16-10-15-17-13-8-4-5-9-14(13)18(15)11-12-6-2-1-3-7-12;/h1-9H,10-11,16H2;1H. The molecule has 0 aliphatic carbocycles. The van der Waals surface area contributed by atoms with Crippen LogP contribution < -0.4 is 5.73 Å². The number of aromatic nitrogens is 2. The number of nitrogens with two attached hydrogens (primary N) is 1. The third kappa shape index (κ3) is 2.62. The number of rotatable bonds is 3. The molecule has 0 radical (unpaired) electrons. The first kappa shape index (κ1) is 13.6. The van der Waals surface area contributed by atoms with E-state index in [1.165, 1.54) is 5.56 Å². The highest BCUT2D eigenvalue weighted by molar-refractivity contribution is 5.85. The largest absolute Gasteiger partial charge is 0.324 e. The van der Waals surface area contributed by atoms with Crippen molar-refractivity contribution >= 4 is 23.4 Å². The van der Waals surface area contributed by atoms with Gasteiger partial charge in [-0.05, 0) is 17.7 Å². The number of halogens is 1. The minimum atomic E-state index is 0. The normalized spacial score (nSPS) is 10.4. The maximum atomic E-state index is 5.78. The highest BCUT2D eigenvalue weighted by Crippen LogP contribution is 2.17. The van der Waals surface area contributed by atoms with Crippen molar-refractivity contribution in [2.24, 2.45) is 5.73 Å². The van der Waals surface area contributed by atoms with Gasteiger partial charge in [-0.1, -0.05) is 42.5 Å². The number of imidazole rings is 1. The second kappa shape index (κ2) is 5.87. The molecule has 0 aliphatic rings. The van der Waals surface area contributed by atoms with Crippen LogP contribution in [0.3, 0.4) is 0 Å². The van der Waals surface area contributed by atoms with Crippen molar-refractivity contribution in [3.63, 3.8) is 0 Å². The van der Waals surface area contributed by atoms with E-state index in [0.717, 1.165) is 23.4 Å². The predicted octanol–water partition coefficient (Wildman–Crippen LogP) is 2.97. The van der Waals surface area contributed by atoms with Gasteiger partial charge in [0, 0.05) is 6.54 Å². The third-order valence-electron chi connectivity index (χ3n) is 3.10. The van der Waals surface area contributed by atoms with E-state index in [-0.39, 0.29) is 12.4 Å². The van der Waals surface area contributed by atoms with Gasteiger partial charge in [-0.3, -0.25) is 0 Å². The van der Waals surface area contributed by atoms with Gasteiger partial charge in [0.1, 0.15) is 5.82 Å². The van der Waals surface area contributed by atoms with Crippen molar-refractivity contribution in [3.05, 3.63) is 66.0 Å². The molecule has 0 spiro atoms. The van der Waals surface area contributed by atoms with Gasteiger partial charge in [0.25, 0.3) is 0 Å². The summed E-state index contributed by atoms with van der Waals surface area (Å²) in [6, 6.07) is 18.5. The summed E-state index contributed by atoms with van der Waals surface area (Å²) in [5.41, 5.74) is 9.19. The smallest absolute Gasteiger partial charge is 0.123 e. The molecule has 3 nitrogen and oxygen atoms in total. The van der Waals surface area contributed by atoms with E-state index >= 15 is 0 Å². The monoisotopic (exact) mass is 273 g/mol. The van der Waals surface area contributed by atoms with Crippen LogP contribution in [0.5, 0.6) is 0 Å². The average molecular weight is 274 g/mol. The van der Waals surface area contributed by atoms with Crippen LogP contribution in [-0.4, -0.2) is 9.55 Å². The van der Waals surface area contributed by atoms with E-state index in [1.54, 1.807) is 0 Å². The summed E-state index contributed by atoms with van der Waals surface area (Å²) in [6.45, 7) is 1.27. The summed E-state index contributed by atoms with van der Waals surface area (Å²) in [5.74, 6) is 0.931. The lowest BCUT2D eigenvalue weighted by Gasteiger charge is -2.08. The van der Waals surface area contributed by atoms with Crippen LogP contribution in [0.25, 0.3) is 11.0 Å². The molecule has 2 aromatic carbocycles. The number of fused-ring (bicyclic) bond motifs is 1. The summed E-state index contributed by atoms with van der Waals surface area (Å²) in [6.07, 6.45) is 0. The molecule has 1 aromatic heterocycles. The number of benzene rings is 2. The Hall–Kier alpha value is -1.84. The lowest BCUT2D eigenvalue weighted by molar-refractivity contribution is 0.744. The second-order valence-corrected chi connectivity index (χ2v) is 4.29. The Balaban J connectivity index is 0.00000133. The lowest BCUT2D eigenvalue weighted by atomic mass is 10.2. The van der Waals surface area contributed by atoms with Gasteiger partial charge >= 0.3 is 0 Å². The van der Waals surface area contributed by atoms with E-state index in [2.05, 4.69) is 39.9 Å². The molecule has 0 saturated carbocycles. The van der Waals surface area contributed by atoms with Crippen molar-refractivity contribution in [1.82, 2.24) is 9.55 Å².